The molecular weight excluding hydrogens is 254 g/mol. The summed E-state index contributed by atoms with van der Waals surface area (Å²) in [6.45, 7) is 2.27. The second kappa shape index (κ2) is 20.7. The largest absolute Gasteiger partial charge is 0.397 e. The van der Waals surface area contributed by atoms with E-state index in [9.17, 15) is 4.79 Å². The quantitative estimate of drug-likeness (QED) is 0.455. The fraction of sp³-hybridized carbons (Fsp3) is 0.938. The maximum absolute atomic E-state index is 10.5. The van der Waals surface area contributed by atoms with Crippen LogP contribution in [0.1, 0.15) is 84.0 Å². The number of carbonyl (C=O) groups is 1. The van der Waals surface area contributed by atoms with Crippen LogP contribution < -0.4 is 5.73 Å². The molecule has 0 aliphatic rings. The number of rotatable bonds is 13. The highest BCUT2D eigenvalue weighted by molar-refractivity contribution is 5.73. The van der Waals surface area contributed by atoms with Crippen LogP contribution in [0.3, 0.4) is 0 Å². The van der Waals surface area contributed by atoms with Gasteiger partial charge in [0.2, 0.25) is 5.91 Å². The van der Waals surface area contributed by atoms with Crippen LogP contribution in [0.2, 0.25) is 0 Å². The smallest absolute Gasteiger partial charge is 0.217 e. The summed E-state index contributed by atoms with van der Waals surface area (Å²) in [7, 11) is 0. The van der Waals surface area contributed by atoms with Crippen LogP contribution >= 0.6 is 0 Å². The molecule has 1 amide bonds. The van der Waals surface area contributed by atoms with Crippen molar-refractivity contribution in [2.45, 2.75) is 84.0 Å². The van der Waals surface area contributed by atoms with E-state index in [0.29, 0.717) is 13.0 Å². The van der Waals surface area contributed by atoms with Crippen molar-refractivity contribution in [3.63, 3.8) is 0 Å². The van der Waals surface area contributed by atoms with Crippen LogP contribution in [0.5, 0.6) is 0 Å². The standard InChI is InChI=1S/C14H29NO2.C2H6O/c15-14(17)12-10-8-6-4-2-1-3-5-7-9-11-13-16;1-2-3/h16H,1-13H2,(H2,15,17);3H,2H2,1H3. The molecule has 4 nitrogen and oxygen atoms in total. The molecule has 0 aromatic carbocycles. The lowest BCUT2D eigenvalue weighted by Crippen LogP contribution is -2.09. The normalized spacial score (nSPS) is 9.95. The first-order chi connectivity index (χ1) is 9.68. The highest BCUT2D eigenvalue weighted by Gasteiger charge is 1.95. The van der Waals surface area contributed by atoms with Crippen LogP contribution in [0, 0.1) is 0 Å². The minimum atomic E-state index is -0.173. The van der Waals surface area contributed by atoms with Crippen molar-refractivity contribution in [2.24, 2.45) is 5.73 Å². The fourth-order valence-electron chi connectivity index (χ4n) is 2.00. The summed E-state index contributed by atoms with van der Waals surface area (Å²) in [5.74, 6) is -0.173. The third-order valence-corrected chi connectivity index (χ3v) is 3.08. The Labute approximate surface area is 124 Å². The van der Waals surface area contributed by atoms with Gasteiger partial charge in [0.15, 0.2) is 0 Å². The van der Waals surface area contributed by atoms with E-state index in [2.05, 4.69) is 0 Å². The van der Waals surface area contributed by atoms with Gasteiger partial charge < -0.3 is 15.9 Å². The van der Waals surface area contributed by atoms with Gasteiger partial charge in [0.1, 0.15) is 0 Å². The molecule has 0 rings (SSSR count). The van der Waals surface area contributed by atoms with E-state index in [-0.39, 0.29) is 12.5 Å². The summed E-state index contributed by atoms with van der Waals surface area (Å²) in [6, 6.07) is 0. The second-order valence-electron chi connectivity index (χ2n) is 5.15. The van der Waals surface area contributed by atoms with Gasteiger partial charge in [-0.05, 0) is 19.8 Å². The van der Waals surface area contributed by atoms with E-state index in [1.165, 1.54) is 51.4 Å². The van der Waals surface area contributed by atoms with Gasteiger partial charge in [-0.2, -0.15) is 0 Å². The molecule has 0 aromatic rings. The van der Waals surface area contributed by atoms with Gasteiger partial charge in [0, 0.05) is 19.6 Å². The molecule has 4 N–H and O–H groups in total. The number of unbranched alkanes of at least 4 members (excludes halogenated alkanes) is 10. The molecule has 0 aliphatic carbocycles. The van der Waals surface area contributed by atoms with Crippen molar-refractivity contribution in [2.75, 3.05) is 13.2 Å². The number of aliphatic hydroxyl groups is 2. The lowest BCUT2D eigenvalue weighted by molar-refractivity contribution is -0.118. The summed E-state index contributed by atoms with van der Waals surface area (Å²) in [5, 5.41) is 16.2. The van der Waals surface area contributed by atoms with E-state index in [4.69, 9.17) is 15.9 Å². The first kappa shape index (κ1) is 21.7. The van der Waals surface area contributed by atoms with Crippen molar-refractivity contribution in [1.82, 2.24) is 0 Å². The van der Waals surface area contributed by atoms with E-state index in [1.54, 1.807) is 6.92 Å². The molecule has 0 bridgehead atoms. The number of amides is 1. The monoisotopic (exact) mass is 289 g/mol. The van der Waals surface area contributed by atoms with Crippen LogP contribution in [-0.2, 0) is 4.79 Å². The first-order valence-electron chi connectivity index (χ1n) is 8.19. The lowest BCUT2D eigenvalue weighted by atomic mass is 10.1. The van der Waals surface area contributed by atoms with E-state index >= 15 is 0 Å². The Bertz CT molecular complexity index is 187. The van der Waals surface area contributed by atoms with Gasteiger partial charge in [0.05, 0.1) is 0 Å². The highest BCUT2D eigenvalue weighted by atomic mass is 16.3. The van der Waals surface area contributed by atoms with Crippen LogP contribution in [-0.4, -0.2) is 29.3 Å². The van der Waals surface area contributed by atoms with Crippen LogP contribution in [0.4, 0.5) is 0 Å². The summed E-state index contributed by atoms with van der Waals surface area (Å²) in [4.78, 5) is 10.5. The molecule has 0 spiro atoms. The number of primary amides is 1. The molecule has 20 heavy (non-hydrogen) atoms. The molecule has 0 saturated carbocycles. The third kappa shape index (κ3) is 26.1. The summed E-state index contributed by atoms with van der Waals surface area (Å²) < 4.78 is 0. The molecule has 122 valence electrons. The Hall–Kier alpha value is -0.610. The number of carbonyl (C=O) groups excluding carboxylic acids is 1. The maximum atomic E-state index is 10.5. The van der Waals surface area contributed by atoms with Crippen molar-refractivity contribution in [1.29, 1.82) is 0 Å². The minimum absolute atomic E-state index is 0.173. The van der Waals surface area contributed by atoms with Crippen molar-refractivity contribution >= 4 is 5.91 Å². The Balaban J connectivity index is 0. The molecule has 0 aliphatic heterocycles. The first-order valence-corrected chi connectivity index (χ1v) is 8.19. The van der Waals surface area contributed by atoms with E-state index in [1.807, 2.05) is 0 Å². The Morgan fingerprint density at radius 1 is 0.750 bits per heavy atom. The van der Waals surface area contributed by atoms with Crippen molar-refractivity contribution in [3.05, 3.63) is 0 Å². The molecule has 0 heterocycles. The zero-order valence-corrected chi connectivity index (χ0v) is 13.3. The van der Waals surface area contributed by atoms with Crippen molar-refractivity contribution < 1.29 is 15.0 Å². The zero-order valence-electron chi connectivity index (χ0n) is 13.3. The lowest BCUT2D eigenvalue weighted by Gasteiger charge is -2.02. The predicted molar refractivity (Wildman–Crippen MR) is 84.4 cm³/mol. The van der Waals surface area contributed by atoms with Gasteiger partial charge >= 0.3 is 0 Å². The Morgan fingerprint density at radius 3 is 1.35 bits per heavy atom. The topological polar surface area (TPSA) is 83.5 Å². The van der Waals surface area contributed by atoms with Crippen LogP contribution in [0.25, 0.3) is 0 Å². The Morgan fingerprint density at radius 2 is 1.05 bits per heavy atom. The van der Waals surface area contributed by atoms with Gasteiger partial charge in [-0.25, -0.2) is 0 Å². The average Bonchev–Trinajstić information content (AvgIpc) is 2.40. The molecule has 0 unspecified atom stereocenters. The molecule has 0 radical (unpaired) electrons. The van der Waals surface area contributed by atoms with E-state index < -0.39 is 0 Å². The summed E-state index contributed by atoms with van der Waals surface area (Å²) in [5.41, 5.74) is 5.07. The minimum Gasteiger partial charge on any atom is -0.397 e. The third-order valence-electron chi connectivity index (χ3n) is 3.08. The highest BCUT2D eigenvalue weighted by Crippen LogP contribution is 2.11. The maximum Gasteiger partial charge on any atom is 0.217 e. The number of nitrogens with two attached hydrogens (primary N) is 1. The van der Waals surface area contributed by atoms with Gasteiger partial charge in [0.25, 0.3) is 0 Å². The molecule has 0 aromatic heterocycles. The fourth-order valence-corrected chi connectivity index (χ4v) is 2.00. The van der Waals surface area contributed by atoms with Gasteiger partial charge in [-0.1, -0.05) is 57.8 Å². The molecular formula is C16H35NO3. The Kier molecular flexibility index (Phi) is 22.4. The SMILES string of the molecule is CCO.NC(=O)CCCCCCCCCCCCCO. The summed E-state index contributed by atoms with van der Waals surface area (Å²) in [6.07, 6.45) is 13.8. The average molecular weight is 289 g/mol. The van der Waals surface area contributed by atoms with Crippen LogP contribution in [0.15, 0.2) is 0 Å². The number of aliphatic hydroxyl groups excluding tert-OH is 2. The van der Waals surface area contributed by atoms with E-state index in [0.717, 1.165) is 19.3 Å². The second-order valence-corrected chi connectivity index (χ2v) is 5.15. The zero-order chi connectivity index (χ0) is 15.5. The van der Waals surface area contributed by atoms with Gasteiger partial charge in [-0.15, -0.1) is 0 Å². The molecule has 4 heteroatoms. The number of hydrogen-bond acceptors (Lipinski definition) is 3. The molecule has 0 saturated heterocycles. The molecule has 0 atom stereocenters. The molecule has 0 fully saturated rings. The summed E-state index contributed by atoms with van der Waals surface area (Å²) >= 11 is 0. The predicted octanol–water partition coefficient (Wildman–Crippen LogP) is 3.14. The van der Waals surface area contributed by atoms with Gasteiger partial charge in [-0.3, -0.25) is 4.79 Å². The van der Waals surface area contributed by atoms with Crippen molar-refractivity contribution in [3.8, 4) is 0 Å². The number of hydrogen-bond donors (Lipinski definition) is 3.